The minimum atomic E-state index is -0.0359. The van der Waals surface area contributed by atoms with E-state index in [4.69, 9.17) is 4.98 Å². The van der Waals surface area contributed by atoms with Crippen LogP contribution < -0.4 is 10.5 Å². The van der Waals surface area contributed by atoms with Gasteiger partial charge in [-0.25, -0.2) is 4.98 Å². The molecule has 0 radical (unpaired) electrons. The highest BCUT2D eigenvalue weighted by atomic mass is 16.1. The maximum Gasteiger partial charge on any atom is 0.255 e. The number of hydrogen-bond donors (Lipinski definition) is 0. The minimum Gasteiger partial charge on any atom is -0.364 e. The van der Waals surface area contributed by atoms with E-state index in [1.165, 1.54) is 11.1 Å². The van der Waals surface area contributed by atoms with Crippen LogP contribution in [0.2, 0.25) is 0 Å². The lowest BCUT2D eigenvalue weighted by atomic mass is 9.99. The molecule has 1 aromatic carbocycles. The molecular weight excluding hydrogens is 348 g/mol. The summed E-state index contributed by atoms with van der Waals surface area (Å²) in [4.78, 5) is 19.6. The van der Waals surface area contributed by atoms with E-state index >= 15 is 0 Å². The Bertz CT molecular complexity index is 1250. The van der Waals surface area contributed by atoms with E-state index in [0.29, 0.717) is 0 Å². The van der Waals surface area contributed by atoms with Crippen molar-refractivity contribution < 1.29 is 0 Å². The van der Waals surface area contributed by atoms with Crippen LogP contribution in [0.15, 0.2) is 65.7 Å². The Balaban J connectivity index is 1.71. The molecule has 28 heavy (non-hydrogen) atoms. The molecule has 4 aromatic rings. The topological polar surface area (TPSA) is 42.5 Å². The van der Waals surface area contributed by atoms with E-state index in [1.54, 1.807) is 16.7 Å². The Morgan fingerprint density at radius 1 is 1.00 bits per heavy atom. The first-order valence-corrected chi connectivity index (χ1v) is 9.61. The second-order valence-electron chi connectivity index (χ2n) is 7.41. The lowest BCUT2D eigenvalue weighted by molar-refractivity contribution is 0.731. The fourth-order valence-corrected chi connectivity index (χ4v) is 4.05. The monoisotopic (exact) mass is 370 g/mol. The Labute approximate surface area is 163 Å². The first kappa shape index (κ1) is 16.8. The first-order chi connectivity index (χ1) is 13.6. The van der Waals surface area contributed by atoms with Crippen LogP contribution in [0.4, 0.5) is 5.69 Å². The summed E-state index contributed by atoms with van der Waals surface area (Å²) in [5, 5.41) is 0. The van der Waals surface area contributed by atoms with Crippen molar-refractivity contribution >= 4 is 11.3 Å². The summed E-state index contributed by atoms with van der Waals surface area (Å²) >= 11 is 0. The van der Waals surface area contributed by atoms with Crippen molar-refractivity contribution in [3.05, 3.63) is 93.8 Å². The van der Waals surface area contributed by atoms with E-state index in [1.807, 2.05) is 25.4 Å². The highest BCUT2D eigenvalue weighted by molar-refractivity contribution is 5.73. The van der Waals surface area contributed by atoms with Crippen molar-refractivity contribution in [2.24, 2.45) is 0 Å². The Morgan fingerprint density at radius 3 is 2.61 bits per heavy atom. The number of anilines is 1. The Kier molecular flexibility index (Phi) is 3.83. The van der Waals surface area contributed by atoms with E-state index in [0.717, 1.165) is 47.9 Å². The molecule has 3 aromatic heterocycles. The maximum atomic E-state index is 12.4. The van der Waals surface area contributed by atoms with Gasteiger partial charge in [-0.1, -0.05) is 30.3 Å². The number of imidazole rings is 1. The van der Waals surface area contributed by atoms with Gasteiger partial charge in [0.2, 0.25) is 0 Å². The van der Waals surface area contributed by atoms with Crippen molar-refractivity contribution in [2.45, 2.75) is 26.8 Å². The molecule has 0 atom stereocenters. The summed E-state index contributed by atoms with van der Waals surface area (Å²) < 4.78 is 3.80. The Morgan fingerprint density at radius 2 is 1.79 bits per heavy atom. The van der Waals surface area contributed by atoms with Crippen molar-refractivity contribution in [3.8, 4) is 5.69 Å². The van der Waals surface area contributed by atoms with Crippen LogP contribution in [0.25, 0.3) is 11.3 Å². The summed E-state index contributed by atoms with van der Waals surface area (Å²) in [6.07, 6.45) is 4.84. The number of pyridine rings is 2. The summed E-state index contributed by atoms with van der Waals surface area (Å²) in [7, 11) is 0. The maximum absolute atomic E-state index is 12.4. The summed E-state index contributed by atoms with van der Waals surface area (Å²) in [5.74, 6) is 0. The van der Waals surface area contributed by atoms with E-state index < -0.39 is 0 Å². The molecule has 0 spiro atoms. The number of aromatic nitrogens is 3. The number of rotatable bonds is 2. The van der Waals surface area contributed by atoms with Crippen LogP contribution in [0.1, 0.15) is 22.5 Å². The number of hydrogen-bond acceptors (Lipinski definition) is 3. The molecular formula is C23H22N4O. The average molecular weight is 370 g/mol. The van der Waals surface area contributed by atoms with E-state index in [9.17, 15) is 4.79 Å². The quantitative estimate of drug-likeness (QED) is 0.541. The molecule has 4 heterocycles. The number of nitrogens with zero attached hydrogens (tertiary/aromatic N) is 4. The van der Waals surface area contributed by atoms with Crippen LogP contribution in [-0.2, 0) is 13.0 Å². The normalized spacial score (nSPS) is 13.7. The molecule has 0 fully saturated rings. The zero-order chi connectivity index (χ0) is 19.3. The molecule has 1 aliphatic rings. The lowest BCUT2D eigenvalue weighted by Gasteiger charge is -2.31. The molecule has 1 aliphatic heterocycles. The molecule has 5 nitrogen and oxygen atoms in total. The molecule has 0 amide bonds. The van der Waals surface area contributed by atoms with Crippen LogP contribution >= 0.6 is 0 Å². The van der Waals surface area contributed by atoms with Gasteiger partial charge >= 0.3 is 0 Å². The van der Waals surface area contributed by atoms with Crippen molar-refractivity contribution in [3.63, 3.8) is 0 Å². The van der Waals surface area contributed by atoms with Crippen LogP contribution in [0.5, 0.6) is 0 Å². The molecule has 0 unspecified atom stereocenters. The third-order valence-corrected chi connectivity index (χ3v) is 5.73. The van der Waals surface area contributed by atoms with E-state index in [-0.39, 0.29) is 5.56 Å². The molecule has 5 rings (SSSR count). The van der Waals surface area contributed by atoms with Crippen LogP contribution in [0.3, 0.4) is 0 Å². The fraction of sp³-hybridized carbons (Fsp3) is 0.217. The van der Waals surface area contributed by atoms with Gasteiger partial charge in [-0.15, -0.1) is 0 Å². The zero-order valence-electron chi connectivity index (χ0n) is 16.1. The third kappa shape index (κ3) is 2.62. The van der Waals surface area contributed by atoms with Gasteiger partial charge in [0.25, 0.3) is 5.56 Å². The number of benzene rings is 1. The largest absolute Gasteiger partial charge is 0.364 e. The number of aryl methyl sites for hydroxylation is 2. The van der Waals surface area contributed by atoms with Crippen molar-refractivity contribution in [1.82, 2.24) is 14.0 Å². The van der Waals surface area contributed by atoms with Gasteiger partial charge in [0, 0.05) is 37.2 Å². The summed E-state index contributed by atoms with van der Waals surface area (Å²) in [6.45, 7) is 5.89. The predicted octanol–water partition coefficient (Wildman–Crippen LogP) is 3.66. The van der Waals surface area contributed by atoms with Gasteiger partial charge in [0.15, 0.2) is 5.65 Å². The summed E-state index contributed by atoms with van der Waals surface area (Å²) in [6, 6.07) is 16.0. The SMILES string of the molecule is Cc1nc2c(N3CCc4ccccc4C3)cc(-n3ccccc3=O)cn2c1C. The first-order valence-electron chi connectivity index (χ1n) is 9.61. The molecule has 140 valence electrons. The minimum absolute atomic E-state index is 0.0359. The molecule has 0 saturated heterocycles. The zero-order valence-corrected chi connectivity index (χ0v) is 16.1. The van der Waals surface area contributed by atoms with Gasteiger partial charge in [0.05, 0.1) is 17.1 Å². The van der Waals surface area contributed by atoms with Gasteiger partial charge in [-0.3, -0.25) is 9.36 Å². The standard InChI is InChI=1S/C23H22N4O/c1-16-17(2)27-15-20(26-11-6-5-9-22(26)28)13-21(23(27)24-16)25-12-10-18-7-3-4-8-19(18)14-25/h3-9,11,13,15H,10,12,14H2,1-2H3. The molecule has 0 aliphatic carbocycles. The van der Waals surface area contributed by atoms with Gasteiger partial charge in [0.1, 0.15) is 0 Å². The van der Waals surface area contributed by atoms with Gasteiger partial charge in [-0.2, -0.15) is 0 Å². The summed E-state index contributed by atoms with van der Waals surface area (Å²) in [5.41, 5.74) is 7.71. The van der Waals surface area contributed by atoms with Crippen molar-refractivity contribution in [2.75, 3.05) is 11.4 Å². The van der Waals surface area contributed by atoms with Gasteiger partial charge < -0.3 is 9.30 Å². The second kappa shape index (κ2) is 6.37. The van der Waals surface area contributed by atoms with E-state index in [2.05, 4.69) is 46.6 Å². The molecule has 0 bridgehead atoms. The highest BCUT2D eigenvalue weighted by Gasteiger charge is 2.21. The average Bonchev–Trinajstić information content (AvgIpc) is 3.01. The molecule has 5 heteroatoms. The highest BCUT2D eigenvalue weighted by Crippen LogP contribution is 2.30. The number of fused-ring (bicyclic) bond motifs is 2. The lowest BCUT2D eigenvalue weighted by Crippen LogP contribution is -2.31. The smallest absolute Gasteiger partial charge is 0.255 e. The fourth-order valence-electron chi connectivity index (χ4n) is 4.05. The second-order valence-corrected chi connectivity index (χ2v) is 7.41. The van der Waals surface area contributed by atoms with Crippen LogP contribution in [-0.4, -0.2) is 20.5 Å². The predicted molar refractivity (Wildman–Crippen MR) is 111 cm³/mol. The molecule has 0 N–H and O–H groups in total. The third-order valence-electron chi connectivity index (χ3n) is 5.73. The Hall–Kier alpha value is -3.34. The van der Waals surface area contributed by atoms with Crippen molar-refractivity contribution in [1.29, 1.82) is 0 Å². The molecule has 0 saturated carbocycles. The van der Waals surface area contributed by atoms with Crippen LogP contribution in [0, 0.1) is 13.8 Å². The van der Waals surface area contributed by atoms with Gasteiger partial charge in [-0.05, 0) is 43.5 Å².